The van der Waals surface area contributed by atoms with Gasteiger partial charge in [0.25, 0.3) is 0 Å². The number of hydrogen-bond acceptors (Lipinski definition) is 3. The zero-order valence-corrected chi connectivity index (χ0v) is 12.1. The van der Waals surface area contributed by atoms with Crippen LogP contribution in [0.5, 0.6) is 0 Å². The second-order valence-electron chi connectivity index (χ2n) is 6.22. The Bertz CT molecular complexity index is 294. The van der Waals surface area contributed by atoms with Gasteiger partial charge in [0.1, 0.15) is 0 Å². The summed E-state index contributed by atoms with van der Waals surface area (Å²) >= 11 is 0. The molecule has 2 aliphatic rings. The maximum Gasteiger partial charge on any atom is 0.222 e. The van der Waals surface area contributed by atoms with Crippen LogP contribution in [-0.4, -0.2) is 43.7 Å². The number of likely N-dealkylation sites (tertiary alicyclic amines) is 1. The Balaban J connectivity index is 1.81. The summed E-state index contributed by atoms with van der Waals surface area (Å²) in [6.45, 7) is 2.56. The molecule has 1 aliphatic carbocycles. The molecule has 1 saturated carbocycles. The highest BCUT2D eigenvalue weighted by molar-refractivity contribution is 5.76. The Morgan fingerprint density at radius 3 is 2.79 bits per heavy atom. The fourth-order valence-electron chi connectivity index (χ4n) is 3.51. The highest BCUT2D eigenvalue weighted by Gasteiger charge is 2.28. The van der Waals surface area contributed by atoms with E-state index in [1.54, 1.807) is 7.11 Å². The van der Waals surface area contributed by atoms with E-state index in [0.29, 0.717) is 24.2 Å². The number of nitrogens with two attached hydrogens (primary N) is 1. The molecule has 0 aromatic heterocycles. The van der Waals surface area contributed by atoms with Gasteiger partial charge in [-0.15, -0.1) is 0 Å². The third-order valence-corrected chi connectivity index (χ3v) is 4.68. The van der Waals surface area contributed by atoms with Crippen molar-refractivity contribution in [3.63, 3.8) is 0 Å². The fraction of sp³-hybridized carbons (Fsp3) is 0.933. The first-order chi connectivity index (χ1) is 9.20. The standard InChI is InChI=1S/C15H28N2O2/c1-19-11-12-5-4-8-17(10-12)15(18)9-13-6-2-3-7-14(13)16/h12-14H,2-11,16H2,1H3. The maximum absolute atomic E-state index is 12.4. The lowest BCUT2D eigenvalue weighted by atomic mass is 9.82. The third kappa shape index (κ3) is 4.18. The molecule has 4 heteroatoms. The van der Waals surface area contributed by atoms with Gasteiger partial charge in [0, 0.05) is 32.7 Å². The molecule has 0 bridgehead atoms. The van der Waals surface area contributed by atoms with Crippen molar-refractivity contribution in [3.05, 3.63) is 0 Å². The summed E-state index contributed by atoms with van der Waals surface area (Å²) in [7, 11) is 1.74. The Hall–Kier alpha value is -0.610. The average molecular weight is 268 g/mol. The second-order valence-corrected chi connectivity index (χ2v) is 6.22. The zero-order chi connectivity index (χ0) is 13.7. The van der Waals surface area contributed by atoms with Gasteiger partial charge < -0.3 is 15.4 Å². The van der Waals surface area contributed by atoms with Gasteiger partial charge in [-0.1, -0.05) is 12.8 Å². The van der Waals surface area contributed by atoms with Gasteiger partial charge in [0.15, 0.2) is 0 Å². The molecule has 0 aromatic carbocycles. The first kappa shape index (κ1) is 14.8. The van der Waals surface area contributed by atoms with Crippen LogP contribution in [0.4, 0.5) is 0 Å². The highest BCUT2D eigenvalue weighted by atomic mass is 16.5. The van der Waals surface area contributed by atoms with Crippen molar-refractivity contribution >= 4 is 5.91 Å². The Morgan fingerprint density at radius 2 is 2.05 bits per heavy atom. The molecule has 2 N–H and O–H groups in total. The van der Waals surface area contributed by atoms with Crippen LogP contribution < -0.4 is 5.73 Å². The van der Waals surface area contributed by atoms with Gasteiger partial charge in [-0.2, -0.15) is 0 Å². The van der Waals surface area contributed by atoms with Crippen LogP contribution in [0.25, 0.3) is 0 Å². The van der Waals surface area contributed by atoms with Gasteiger partial charge in [0.2, 0.25) is 5.91 Å². The maximum atomic E-state index is 12.4. The predicted octanol–water partition coefficient (Wildman–Crippen LogP) is 1.78. The average Bonchev–Trinajstić information content (AvgIpc) is 2.42. The van der Waals surface area contributed by atoms with Crippen LogP contribution in [0, 0.1) is 11.8 Å². The lowest BCUT2D eigenvalue weighted by Crippen LogP contribution is -2.43. The number of carbonyl (C=O) groups excluding carboxylic acids is 1. The Morgan fingerprint density at radius 1 is 1.26 bits per heavy atom. The van der Waals surface area contributed by atoms with Crippen LogP contribution in [0.2, 0.25) is 0 Å². The van der Waals surface area contributed by atoms with Gasteiger partial charge in [-0.3, -0.25) is 4.79 Å². The topological polar surface area (TPSA) is 55.6 Å². The predicted molar refractivity (Wildman–Crippen MR) is 75.7 cm³/mol. The summed E-state index contributed by atoms with van der Waals surface area (Å²) in [6, 6.07) is 0.234. The summed E-state index contributed by atoms with van der Waals surface area (Å²) in [4.78, 5) is 14.4. The zero-order valence-electron chi connectivity index (χ0n) is 12.1. The number of hydrogen-bond donors (Lipinski definition) is 1. The fourth-order valence-corrected chi connectivity index (χ4v) is 3.51. The molecule has 4 nitrogen and oxygen atoms in total. The SMILES string of the molecule is COCC1CCCN(C(=O)CC2CCCCC2N)C1. The molecule has 2 fully saturated rings. The van der Waals surface area contributed by atoms with Gasteiger partial charge >= 0.3 is 0 Å². The van der Waals surface area contributed by atoms with Crippen molar-refractivity contribution in [1.29, 1.82) is 0 Å². The quantitative estimate of drug-likeness (QED) is 0.845. The van der Waals surface area contributed by atoms with Crippen molar-refractivity contribution in [2.75, 3.05) is 26.8 Å². The van der Waals surface area contributed by atoms with Crippen molar-refractivity contribution < 1.29 is 9.53 Å². The molecule has 1 saturated heterocycles. The monoisotopic (exact) mass is 268 g/mol. The number of piperidine rings is 1. The molecule has 0 spiro atoms. The molecule has 3 unspecified atom stereocenters. The lowest BCUT2D eigenvalue weighted by Gasteiger charge is -2.35. The molecule has 2 rings (SSSR count). The smallest absolute Gasteiger partial charge is 0.222 e. The Kier molecular flexibility index (Phi) is 5.64. The van der Waals surface area contributed by atoms with Crippen LogP contribution in [0.15, 0.2) is 0 Å². The number of rotatable bonds is 4. The summed E-state index contributed by atoms with van der Waals surface area (Å²) in [5.74, 6) is 1.23. The van der Waals surface area contributed by atoms with Gasteiger partial charge in [-0.25, -0.2) is 0 Å². The molecule has 1 heterocycles. The van der Waals surface area contributed by atoms with Crippen LogP contribution in [-0.2, 0) is 9.53 Å². The minimum atomic E-state index is 0.234. The Labute approximate surface area is 116 Å². The summed E-state index contributed by atoms with van der Waals surface area (Å²) in [6.07, 6.45) is 7.62. The summed E-state index contributed by atoms with van der Waals surface area (Å²) in [5, 5.41) is 0. The van der Waals surface area contributed by atoms with Crippen molar-refractivity contribution in [1.82, 2.24) is 4.90 Å². The van der Waals surface area contributed by atoms with Crippen molar-refractivity contribution in [2.45, 2.75) is 51.0 Å². The van der Waals surface area contributed by atoms with E-state index in [4.69, 9.17) is 10.5 Å². The first-order valence-corrected chi connectivity index (χ1v) is 7.73. The summed E-state index contributed by atoms with van der Waals surface area (Å²) < 4.78 is 5.22. The van der Waals surface area contributed by atoms with E-state index in [0.717, 1.165) is 39.0 Å². The largest absolute Gasteiger partial charge is 0.384 e. The number of nitrogens with zero attached hydrogens (tertiary/aromatic N) is 1. The lowest BCUT2D eigenvalue weighted by molar-refractivity contribution is -0.134. The van der Waals surface area contributed by atoms with E-state index in [1.165, 1.54) is 19.3 Å². The van der Waals surface area contributed by atoms with E-state index in [9.17, 15) is 4.79 Å². The molecule has 110 valence electrons. The highest BCUT2D eigenvalue weighted by Crippen LogP contribution is 2.27. The van der Waals surface area contributed by atoms with Crippen LogP contribution in [0.3, 0.4) is 0 Å². The molecular formula is C15H28N2O2. The van der Waals surface area contributed by atoms with E-state index in [-0.39, 0.29) is 6.04 Å². The minimum Gasteiger partial charge on any atom is -0.384 e. The second kappa shape index (κ2) is 7.25. The van der Waals surface area contributed by atoms with Crippen molar-refractivity contribution in [2.24, 2.45) is 17.6 Å². The minimum absolute atomic E-state index is 0.234. The molecule has 3 atom stereocenters. The molecule has 0 aromatic rings. The number of methoxy groups -OCH3 is 1. The number of carbonyl (C=O) groups is 1. The van der Waals surface area contributed by atoms with Gasteiger partial charge in [-0.05, 0) is 37.5 Å². The molecule has 0 radical (unpaired) electrons. The van der Waals surface area contributed by atoms with E-state index >= 15 is 0 Å². The molecular weight excluding hydrogens is 240 g/mol. The van der Waals surface area contributed by atoms with E-state index in [1.807, 2.05) is 4.90 Å². The van der Waals surface area contributed by atoms with E-state index < -0.39 is 0 Å². The molecule has 1 aliphatic heterocycles. The number of amides is 1. The molecule has 1 amide bonds. The van der Waals surface area contributed by atoms with Crippen LogP contribution >= 0.6 is 0 Å². The summed E-state index contributed by atoms with van der Waals surface area (Å²) in [5.41, 5.74) is 6.14. The number of ether oxygens (including phenoxy) is 1. The van der Waals surface area contributed by atoms with E-state index in [2.05, 4.69) is 0 Å². The van der Waals surface area contributed by atoms with Crippen molar-refractivity contribution in [3.8, 4) is 0 Å². The van der Waals surface area contributed by atoms with Crippen LogP contribution in [0.1, 0.15) is 44.9 Å². The third-order valence-electron chi connectivity index (χ3n) is 4.68. The molecule has 19 heavy (non-hydrogen) atoms. The normalized spacial score (nSPS) is 32.3. The van der Waals surface area contributed by atoms with Gasteiger partial charge in [0.05, 0.1) is 6.61 Å². The first-order valence-electron chi connectivity index (χ1n) is 7.73.